The standard InChI is InChI=1S/C28H36F3N3O4/c1-3-4-9-20(10-8-17-33(2)26(37)24-22(28(29,30)31)12-7-16-32-24)25(36)34-18-14-27(38,15-19-34)21-11-5-6-13-23(21)35/h5-7,11-13,16,20,35,38H,3-4,8-10,14-15,17-19H2,1-2H3. The van der Waals surface area contributed by atoms with Gasteiger partial charge in [0.1, 0.15) is 11.4 Å². The maximum Gasteiger partial charge on any atom is 0.418 e. The summed E-state index contributed by atoms with van der Waals surface area (Å²) >= 11 is 0. The number of halogens is 3. The number of unbranched alkanes of at least 4 members (excludes halogenated alkanes) is 1. The number of hydrogen-bond donors (Lipinski definition) is 2. The number of aliphatic hydroxyl groups is 1. The first-order valence-corrected chi connectivity index (χ1v) is 13.0. The Morgan fingerprint density at radius 2 is 1.76 bits per heavy atom. The smallest absolute Gasteiger partial charge is 0.418 e. The largest absolute Gasteiger partial charge is 0.508 e. The fraction of sp³-hybridized carbons (Fsp3) is 0.536. The molecule has 0 saturated carbocycles. The lowest BCUT2D eigenvalue weighted by atomic mass is 9.83. The summed E-state index contributed by atoms with van der Waals surface area (Å²) in [4.78, 5) is 32.7. The number of phenols is 1. The number of aromatic hydroxyl groups is 1. The first kappa shape index (κ1) is 29.4. The normalized spacial score (nSPS) is 16.2. The molecule has 0 spiro atoms. The van der Waals surface area contributed by atoms with Crippen LogP contribution in [0.15, 0.2) is 42.6 Å². The van der Waals surface area contributed by atoms with Crippen molar-refractivity contribution in [3.63, 3.8) is 0 Å². The van der Waals surface area contributed by atoms with Gasteiger partial charge in [0.05, 0.1) is 11.2 Å². The second kappa shape index (κ2) is 12.6. The summed E-state index contributed by atoms with van der Waals surface area (Å²) in [5.41, 5.74) is -2.44. The van der Waals surface area contributed by atoms with Crippen molar-refractivity contribution in [3.05, 3.63) is 59.4 Å². The molecular weight excluding hydrogens is 499 g/mol. The molecule has 38 heavy (non-hydrogen) atoms. The molecule has 2 aromatic rings. The van der Waals surface area contributed by atoms with Crippen molar-refractivity contribution < 1.29 is 33.0 Å². The van der Waals surface area contributed by atoms with Crippen LogP contribution in [-0.4, -0.2) is 63.5 Å². The molecule has 2 heterocycles. The quantitative estimate of drug-likeness (QED) is 0.448. The number of para-hydroxylation sites is 1. The first-order chi connectivity index (χ1) is 18.0. The lowest BCUT2D eigenvalue weighted by molar-refractivity contribution is -0.141. The molecule has 1 fully saturated rings. The van der Waals surface area contributed by atoms with Gasteiger partial charge in [0.15, 0.2) is 0 Å². The Bertz CT molecular complexity index is 1100. The number of alkyl halides is 3. The van der Waals surface area contributed by atoms with Crippen molar-refractivity contribution in [1.82, 2.24) is 14.8 Å². The van der Waals surface area contributed by atoms with Crippen LogP contribution in [0.5, 0.6) is 5.75 Å². The number of amides is 2. The van der Waals surface area contributed by atoms with Gasteiger partial charge in [-0.3, -0.25) is 14.6 Å². The molecule has 0 radical (unpaired) electrons. The number of rotatable bonds is 10. The molecule has 208 valence electrons. The van der Waals surface area contributed by atoms with Gasteiger partial charge >= 0.3 is 6.18 Å². The van der Waals surface area contributed by atoms with Crippen molar-refractivity contribution in [1.29, 1.82) is 0 Å². The van der Waals surface area contributed by atoms with Crippen LogP contribution >= 0.6 is 0 Å². The van der Waals surface area contributed by atoms with Crippen molar-refractivity contribution in [3.8, 4) is 5.75 Å². The molecule has 0 aliphatic carbocycles. The molecule has 1 saturated heterocycles. The number of carbonyl (C=O) groups is 2. The van der Waals surface area contributed by atoms with E-state index in [-0.39, 0.29) is 24.1 Å². The predicted molar refractivity (Wildman–Crippen MR) is 136 cm³/mol. The van der Waals surface area contributed by atoms with Crippen LogP contribution in [0.3, 0.4) is 0 Å². The fourth-order valence-electron chi connectivity index (χ4n) is 5.00. The third-order valence-corrected chi connectivity index (χ3v) is 7.27. The van der Waals surface area contributed by atoms with E-state index in [2.05, 4.69) is 4.98 Å². The number of phenolic OH excluding ortho intramolecular Hbond substituents is 1. The second-order valence-corrected chi connectivity index (χ2v) is 9.98. The van der Waals surface area contributed by atoms with E-state index in [0.29, 0.717) is 50.8 Å². The number of piperidine rings is 1. The van der Waals surface area contributed by atoms with Crippen LogP contribution in [0.1, 0.15) is 73.5 Å². The highest BCUT2D eigenvalue weighted by molar-refractivity contribution is 5.93. The summed E-state index contributed by atoms with van der Waals surface area (Å²) in [6.45, 7) is 2.93. The summed E-state index contributed by atoms with van der Waals surface area (Å²) in [5, 5.41) is 21.3. The lowest BCUT2D eigenvalue weighted by Crippen LogP contribution is -2.47. The van der Waals surface area contributed by atoms with Crippen molar-refractivity contribution >= 4 is 11.8 Å². The fourth-order valence-corrected chi connectivity index (χ4v) is 5.00. The Morgan fingerprint density at radius 3 is 2.39 bits per heavy atom. The highest BCUT2D eigenvalue weighted by Gasteiger charge is 2.39. The van der Waals surface area contributed by atoms with Crippen molar-refractivity contribution in [2.24, 2.45) is 5.92 Å². The SMILES string of the molecule is CCCCC(CCCN(C)C(=O)c1ncccc1C(F)(F)F)C(=O)N1CCC(O)(c2ccccc2O)CC1. The molecule has 7 nitrogen and oxygen atoms in total. The van der Waals surface area contributed by atoms with Gasteiger partial charge in [-0.25, -0.2) is 0 Å². The van der Waals surface area contributed by atoms with Gasteiger partial charge < -0.3 is 20.0 Å². The number of hydrogen-bond acceptors (Lipinski definition) is 5. The molecule has 1 aliphatic heterocycles. The average Bonchev–Trinajstić information content (AvgIpc) is 2.89. The van der Waals surface area contributed by atoms with Crippen LogP contribution in [0, 0.1) is 5.92 Å². The molecule has 10 heteroatoms. The third-order valence-electron chi connectivity index (χ3n) is 7.27. The molecule has 1 aliphatic rings. The number of aromatic nitrogens is 1. The van der Waals surface area contributed by atoms with E-state index in [1.807, 2.05) is 6.92 Å². The Morgan fingerprint density at radius 1 is 1.11 bits per heavy atom. The summed E-state index contributed by atoms with van der Waals surface area (Å²) in [7, 11) is 1.44. The maximum atomic E-state index is 13.4. The number of likely N-dealkylation sites (tertiary alicyclic amines) is 1. The minimum atomic E-state index is -4.68. The maximum absolute atomic E-state index is 13.4. The van der Waals surface area contributed by atoms with E-state index < -0.39 is 28.9 Å². The summed E-state index contributed by atoms with van der Waals surface area (Å²) in [6, 6.07) is 8.66. The summed E-state index contributed by atoms with van der Waals surface area (Å²) < 4.78 is 39.9. The van der Waals surface area contributed by atoms with E-state index >= 15 is 0 Å². The van der Waals surface area contributed by atoms with Gasteiger partial charge in [-0.2, -0.15) is 13.2 Å². The third kappa shape index (κ3) is 7.03. The lowest BCUT2D eigenvalue weighted by Gasteiger charge is -2.40. The monoisotopic (exact) mass is 535 g/mol. The molecule has 2 N–H and O–H groups in total. The van der Waals surface area contributed by atoms with Gasteiger partial charge in [-0.15, -0.1) is 0 Å². The molecule has 1 aromatic carbocycles. The Balaban J connectivity index is 1.59. The molecule has 3 rings (SSSR count). The van der Waals surface area contributed by atoms with Crippen LogP contribution < -0.4 is 0 Å². The Labute approximate surface area is 221 Å². The Hall–Kier alpha value is -3.14. The highest BCUT2D eigenvalue weighted by atomic mass is 19.4. The van der Waals surface area contributed by atoms with Crippen molar-refractivity contribution in [2.75, 3.05) is 26.7 Å². The van der Waals surface area contributed by atoms with Crippen molar-refractivity contribution in [2.45, 2.75) is 63.6 Å². The highest BCUT2D eigenvalue weighted by Crippen LogP contribution is 2.38. The van der Waals surface area contributed by atoms with E-state index in [1.165, 1.54) is 18.0 Å². The topological polar surface area (TPSA) is 94.0 Å². The Kier molecular flexibility index (Phi) is 9.76. The zero-order valence-electron chi connectivity index (χ0n) is 21.9. The number of pyridine rings is 1. The molecule has 0 bridgehead atoms. The molecular formula is C28H36F3N3O4. The van der Waals surface area contributed by atoms with Crippen LogP contribution in [0.4, 0.5) is 13.2 Å². The molecule has 1 aromatic heterocycles. The van der Waals surface area contributed by atoms with Crippen LogP contribution in [0.25, 0.3) is 0 Å². The van der Waals surface area contributed by atoms with Gasteiger partial charge in [-0.1, -0.05) is 38.0 Å². The zero-order valence-corrected chi connectivity index (χ0v) is 21.9. The minimum absolute atomic E-state index is 0.0177. The summed E-state index contributed by atoms with van der Waals surface area (Å²) in [5.74, 6) is -1.08. The number of nitrogens with zero attached hydrogens (tertiary/aromatic N) is 3. The van der Waals surface area contributed by atoms with Gasteiger partial charge in [-0.05, 0) is 50.3 Å². The number of benzene rings is 1. The van der Waals surface area contributed by atoms with E-state index in [4.69, 9.17) is 0 Å². The van der Waals surface area contributed by atoms with E-state index in [9.17, 15) is 33.0 Å². The minimum Gasteiger partial charge on any atom is -0.508 e. The molecule has 1 unspecified atom stereocenters. The zero-order chi connectivity index (χ0) is 27.9. The molecule has 1 atom stereocenters. The van der Waals surface area contributed by atoms with Crippen LogP contribution in [0.2, 0.25) is 0 Å². The number of carbonyl (C=O) groups excluding carboxylic acids is 2. The van der Waals surface area contributed by atoms with E-state index in [1.54, 1.807) is 23.1 Å². The van der Waals surface area contributed by atoms with Gasteiger partial charge in [0, 0.05) is 44.4 Å². The van der Waals surface area contributed by atoms with Gasteiger partial charge in [0.25, 0.3) is 5.91 Å². The molecule has 2 amide bonds. The van der Waals surface area contributed by atoms with Crippen LogP contribution in [-0.2, 0) is 16.6 Å². The second-order valence-electron chi connectivity index (χ2n) is 9.98. The average molecular weight is 536 g/mol. The summed E-state index contributed by atoms with van der Waals surface area (Å²) in [6.07, 6.45) is 0.466. The first-order valence-electron chi connectivity index (χ1n) is 13.0. The predicted octanol–water partition coefficient (Wildman–Crippen LogP) is 4.97. The van der Waals surface area contributed by atoms with E-state index in [0.717, 1.165) is 31.2 Å². The van der Waals surface area contributed by atoms with Gasteiger partial charge in [0.2, 0.25) is 5.91 Å².